The Morgan fingerprint density at radius 1 is 1.33 bits per heavy atom. The molecule has 0 aromatic carbocycles. The largest absolute Gasteiger partial charge is 0.330 e. The van der Waals surface area contributed by atoms with E-state index in [4.69, 9.17) is 11.5 Å². The first-order valence-electron chi connectivity index (χ1n) is 4.15. The van der Waals surface area contributed by atoms with E-state index in [0.29, 0.717) is 13.0 Å². The summed E-state index contributed by atoms with van der Waals surface area (Å²) in [5.41, 5.74) is 10.9. The van der Waals surface area contributed by atoms with Gasteiger partial charge in [-0.2, -0.15) is 0 Å². The molecule has 0 aliphatic carbocycles. The van der Waals surface area contributed by atoms with Gasteiger partial charge in [0.15, 0.2) is 0 Å². The van der Waals surface area contributed by atoms with Crippen molar-refractivity contribution in [3.8, 4) is 23.7 Å². The summed E-state index contributed by atoms with van der Waals surface area (Å²) in [6.07, 6.45) is 2.44. The lowest BCUT2D eigenvalue weighted by atomic mass is 10.2. The molecule has 0 heterocycles. The Kier molecular flexibility index (Phi) is 7.49. The third kappa shape index (κ3) is 7.15. The third-order valence-electron chi connectivity index (χ3n) is 1.29. The minimum absolute atomic E-state index is 0.102. The molecule has 0 radical (unpaired) electrons. The van der Waals surface area contributed by atoms with Crippen LogP contribution in [0, 0.1) is 23.7 Å². The summed E-state index contributed by atoms with van der Waals surface area (Å²) < 4.78 is 0. The lowest BCUT2D eigenvalue weighted by Crippen LogP contribution is -2.16. The molecule has 0 bridgehead atoms. The van der Waals surface area contributed by atoms with E-state index in [1.54, 1.807) is 6.92 Å². The van der Waals surface area contributed by atoms with Crippen LogP contribution in [0.25, 0.3) is 0 Å². The molecule has 0 rings (SSSR count). The number of hydrogen-bond donors (Lipinski definition) is 2. The second-order valence-electron chi connectivity index (χ2n) is 2.45. The van der Waals surface area contributed by atoms with Gasteiger partial charge < -0.3 is 11.5 Å². The summed E-state index contributed by atoms with van der Waals surface area (Å²) in [4.78, 5) is 0. The van der Waals surface area contributed by atoms with E-state index in [0.717, 1.165) is 12.8 Å². The number of hydrogen-bond acceptors (Lipinski definition) is 2. The molecule has 4 N–H and O–H groups in total. The average Bonchev–Trinajstić information content (AvgIpc) is 2.09. The number of rotatable bonds is 3. The molecule has 0 saturated carbocycles. The molecule has 0 amide bonds. The molecule has 1 unspecified atom stereocenters. The molecule has 12 heavy (non-hydrogen) atoms. The normalized spacial score (nSPS) is 10.6. The maximum Gasteiger partial charge on any atom is 0.0775 e. The van der Waals surface area contributed by atoms with Crippen molar-refractivity contribution < 1.29 is 0 Å². The van der Waals surface area contributed by atoms with Gasteiger partial charge in [-0.25, -0.2) is 0 Å². The predicted molar refractivity (Wildman–Crippen MR) is 52.1 cm³/mol. The van der Waals surface area contributed by atoms with Crippen molar-refractivity contribution in [2.24, 2.45) is 11.5 Å². The van der Waals surface area contributed by atoms with E-state index in [2.05, 4.69) is 23.7 Å². The first-order valence-corrected chi connectivity index (χ1v) is 4.15. The first-order chi connectivity index (χ1) is 5.81. The first kappa shape index (κ1) is 11.0. The Bertz CT molecular complexity index is 211. The van der Waals surface area contributed by atoms with E-state index >= 15 is 0 Å². The molecule has 0 saturated heterocycles. The van der Waals surface area contributed by atoms with Crippen LogP contribution in [0.3, 0.4) is 0 Å². The molecule has 1 atom stereocenters. The highest BCUT2D eigenvalue weighted by atomic mass is 14.6. The van der Waals surface area contributed by atoms with Gasteiger partial charge in [0.05, 0.1) is 6.04 Å². The second kappa shape index (κ2) is 8.14. The van der Waals surface area contributed by atoms with Crippen LogP contribution in [0.4, 0.5) is 0 Å². The number of nitrogens with two attached hydrogens (primary N) is 2. The SMILES string of the molecule is CC#CCC(N)C#CCCCN. The van der Waals surface area contributed by atoms with Crippen molar-refractivity contribution in [3.63, 3.8) is 0 Å². The molecule has 0 aliphatic heterocycles. The summed E-state index contributed by atoms with van der Waals surface area (Å²) in [6, 6.07) is -0.102. The summed E-state index contributed by atoms with van der Waals surface area (Å²) in [5.74, 6) is 11.6. The van der Waals surface area contributed by atoms with Gasteiger partial charge in [0.2, 0.25) is 0 Å². The van der Waals surface area contributed by atoms with Crippen molar-refractivity contribution in [2.45, 2.75) is 32.2 Å². The van der Waals surface area contributed by atoms with Crippen molar-refractivity contribution in [1.82, 2.24) is 0 Å². The molecular formula is C10H16N2. The highest BCUT2D eigenvalue weighted by molar-refractivity contribution is 5.11. The van der Waals surface area contributed by atoms with Gasteiger partial charge in [-0.15, -0.1) is 17.8 Å². The Morgan fingerprint density at radius 3 is 2.67 bits per heavy atom. The summed E-state index contributed by atoms with van der Waals surface area (Å²) in [6.45, 7) is 2.49. The topological polar surface area (TPSA) is 52.0 Å². The van der Waals surface area contributed by atoms with Crippen molar-refractivity contribution in [2.75, 3.05) is 6.54 Å². The Hall–Kier alpha value is -0.960. The maximum atomic E-state index is 5.63. The van der Waals surface area contributed by atoms with Gasteiger partial charge >= 0.3 is 0 Å². The second-order valence-corrected chi connectivity index (χ2v) is 2.45. The smallest absolute Gasteiger partial charge is 0.0775 e. The molecule has 0 aliphatic rings. The van der Waals surface area contributed by atoms with Crippen LogP contribution in [0.2, 0.25) is 0 Å². The van der Waals surface area contributed by atoms with Gasteiger partial charge in [0.25, 0.3) is 0 Å². The molecule has 0 aromatic rings. The van der Waals surface area contributed by atoms with Crippen molar-refractivity contribution in [1.29, 1.82) is 0 Å². The fourth-order valence-corrected chi connectivity index (χ4v) is 0.657. The van der Waals surface area contributed by atoms with E-state index in [1.807, 2.05) is 0 Å². The van der Waals surface area contributed by atoms with Gasteiger partial charge in [0.1, 0.15) is 0 Å². The van der Waals surface area contributed by atoms with Crippen LogP contribution in [0.5, 0.6) is 0 Å². The molecular weight excluding hydrogens is 148 g/mol. The number of unbranched alkanes of at least 4 members (excludes halogenated alkanes) is 1. The zero-order valence-electron chi connectivity index (χ0n) is 7.56. The fraction of sp³-hybridized carbons (Fsp3) is 0.600. The van der Waals surface area contributed by atoms with Crippen molar-refractivity contribution in [3.05, 3.63) is 0 Å². The van der Waals surface area contributed by atoms with Crippen molar-refractivity contribution >= 4 is 0 Å². The molecule has 2 nitrogen and oxygen atoms in total. The molecule has 66 valence electrons. The standard InChI is InChI=1S/C10H16N2/c1-2-3-7-10(12)8-5-4-6-9-11/h10H,4,6-7,9,11-12H2,1H3. The lowest BCUT2D eigenvalue weighted by molar-refractivity contribution is 0.854. The predicted octanol–water partition coefficient (Wildman–Crippen LogP) is 0.469. The van der Waals surface area contributed by atoms with Crippen LogP contribution in [-0.4, -0.2) is 12.6 Å². The molecule has 0 aromatic heterocycles. The molecule has 0 spiro atoms. The van der Waals surface area contributed by atoms with Gasteiger partial charge in [0, 0.05) is 12.8 Å². The third-order valence-corrected chi connectivity index (χ3v) is 1.29. The van der Waals surface area contributed by atoms with Crippen LogP contribution in [0.1, 0.15) is 26.2 Å². The average molecular weight is 164 g/mol. The highest BCUT2D eigenvalue weighted by Crippen LogP contribution is 1.85. The lowest BCUT2D eigenvalue weighted by Gasteiger charge is -1.94. The summed E-state index contributed by atoms with van der Waals surface area (Å²) in [5, 5.41) is 0. The monoisotopic (exact) mass is 164 g/mol. The fourth-order valence-electron chi connectivity index (χ4n) is 0.657. The zero-order valence-corrected chi connectivity index (χ0v) is 7.56. The summed E-state index contributed by atoms with van der Waals surface area (Å²) in [7, 11) is 0. The Labute approximate surface area is 74.7 Å². The minimum atomic E-state index is -0.102. The Balaban J connectivity index is 3.54. The van der Waals surface area contributed by atoms with E-state index in [9.17, 15) is 0 Å². The van der Waals surface area contributed by atoms with Crippen LogP contribution >= 0.6 is 0 Å². The van der Waals surface area contributed by atoms with E-state index in [-0.39, 0.29) is 6.04 Å². The van der Waals surface area contributed by atoms with Crippen LogP contribution < -0.4 is 11.5 Å². The zero-order chi connectivity index (χ0) is 9.23. The maximum absolute atomic E-state index is 5.63. The van der Waals surface area contributed by atoms with Gasteiger partial charge in [-0.1, -0.05) is 5.92 Å². The van der Waals surface area contributed by atoms with Crippen LogP contribution in [-0.2, 0) is 0 Å². The van der Waals surface area contributed by atoms with Gasteiger partial charge in [-0.05, 0) is 19.9 Å². The van der Waals surface area contributed by atoms with E-state index < -0.39 is 0 Å². The van der Waals surface area contributed by atoms with Gasteiger partial charge in [-0.3, -0.25) is 0 Å². The van der Waals surface area contributed by atoms with E-state index in [1.165, 1.54) is 0 Å². The molecule has 0 fully saturated rings. The highest BCUT2D eigenvalue weighted by Gasteiger charge is 1.90. The quantitative estimate of drug-likeness (QED) is 0.470. The van der Waals surface area contributed by atoms with Crippen LogP contribution in [0.15, 0.2) is 0 Å². The Morgan fingerprint density at radius 2 is 2.08 bits per heavy atom. The summed E-state index contributed by atoms with van der Waals surface area (Å²) >= 11 is 0. The minimum Gasteiger partial charge on any atom is -0.330 e. The molecule has 2 heteroatoms.